The molecule has 0 aliphatic heterocycles. The van der Waals surface area contributed by atoms with E-state index in [1.165, 1.54) is 0 Å². The summed E-state index contributed by atoms with van der Waals surface area (Å²) < 4.78 is 2.90. The van der Waals surface area contributed by atoms with Crippen LogP contribution in [0.3, 0.4) is 0 Å². The average Bonchev–Trinajstić information content (AvgIpc) is 2.92. The highest BCUT2D eigenvalue weighted by molar-refractivity contribution is 14.1. The molecule has 2 heterocycles. The van der Waals surface area contributed by atoms with Crippen LogP contribution in [-0.2, 0) is 0 Å². The number of para-hydroxylation sites is 1. The van der Waals surface area contributed by atoms with Gasteiger partial charge in [0.05, 0.1) is 23.8 Å². The van der Waals surface area contributed by atoms with E-state index < -0.39 is 0 Å². The van der Waals surface area contributed by atoms with Crippen LogP contribution in [0.4, 0.5) is 11.4 Å². The fourth-order valence-corrected chi connectivity index (χ4v) is 2.98. The van der Waals surface area contributed by atoms with Crippen molar-refractivity contribution in [2.45, 2.75) is 26.8 Å². The number of aromatic nitrogens is 4. The van der Waals surface area contributed by atoms with Crippen LogP contribution in [0.1, 0.15) is 25.7 Å². The van der Waals surface area contributed by atoms with Crippen molar-refractivity contribution >= 4 is 34.0 Å². The fourth-order valence-electron chi connectivity index (χ4n) is 2.60. The third kappa shape index (κ3) is 3.36. The van der Waals surface area contributed by atoms with Crippen LogP contribution in [-0.4, -0.2) is 19.5 Å². The molecule has 23 heavy (non-hydrogen) atoms. The molecule has 0 saturated carbocycles. The zero-order valence-electron chi connectivity index (χ0n) is 13.3. The number of benzene rings is 1. The van der Waals surface area contributed by atoms with Gasteiger partial charge >= 0.3 is 0 Å². The number of aryl methyl sites for hydroxylation is 1. The third-order valence-corrected chi connectivity index (χ3v) is 4.07. The van der Waals surface area contributed by atoms with Crippen LogP contribution in [0, 0.1) is 10.8 Å². The van der Waals surface area contributed by atoms with E-state index in [9.17, 15) is 0 Å². The molecule has 0 fully saturated rings. The van der Waals surface area contributed by atoms with Gasteiger partial charge in [0, 0.05) is 34.3 Å². The average molecular weight is 419 g/mol. The Morgan fingerprint density at radius 1 is 1.09 bits per heavy atom. The molecule has 1 aromatic carbocycles. The van der Waals surface area contributed by atoms with Gasteiger partial charge in [0.1, 0.15) is 11.5 Å². The summed E-state index contributed by atoms with van der Waals surface area (Å²) in [5, 5.41) is 3.40. The van der Waals surface area contributed by atoms with Gasteiger partial charge in [0.15, 0.2) is 3.83 Å². The van der Waals surface area contributed by atoms with Gasteiger partial charge in [-0.3, -0.25) is 0 Å². The highest BCUT2D eigenvalue weighted by Gasteiger charge is 2.17. The third-order valence-electron chi connectivity index (χ3n) is 3.55. The number of halogens is 1. The van der Waals surface area contributed by atoms with E-state index in [-0.39, 0.29) is 0 Å². The molecule has 0 spiro atoms. The Labute approximate surface area is 149 Å². The summed E-state index contributed by atoms with van der Waals surface area (Å²) in [6.45, 7) is 6.31. The van der Waals surface area contributed by atoms with Crippen molar-refractivity contribution in [3.8, 4) is 11.4 Å². The van der Waals surface area contributed by atoms with E-state index in [2.05, 4.69) is 61.3 Å². The van der Waals surface area contributed by atoms with Gasteiger partial charge in [-0.2, -0.15) is 0 Å². The molecule has 0 bridgehead atoms. The lowest BCUT2D eigenvalue weighted by Crippen LogP contribution is -2.08. The molecule has 3 rings (SSSR count). The highest BCUT2D eigenvalue weighted by atomic mass is 127. The second-order valence-electron chi connectivity index (χ2n) is 5.55. The molecule has 0 radical (unpaired) electrons. The quantitative estimate of drug-likeness (QED) is 0.497. The lowest BCUT2D eigenvalue weighted by molar-refractivity contribution is 0.587. The van der Waals surface area contributed by atoms with Gasteiger partial charge in [-0.1, -0.05) is 18.2 Å². The summed E-state index contributed by atoms with van der Waals surface area (Å²) >= 11 is 2.14. The smallest absolute Gasteiger partial charge is 0.191 e. The van der Waals surface area contributed by atoms with Crippen molar-refractivity contribution in [1.82, 2.24) is 19.5 Å². The molecular weight excluding hydrogens is 401 g/mol. The van der Waals surface area contributed by atoms with Crippen molar-refractivity contribution in [3.63, 3.8) is 0 Å². The summed E-state index contributed by atoms with van der Waals surface area (Å²) in [5.41, 5.74) is 3.74. The minimum Gasteiger partial charge on any atom is -0.352 e. The Balaban J connectivity index is 2.10. The molecule has 0 unspecified atom stereocenters. The number of hydrogen-bond acceptors (Lipinski definition) is 4. The largest absolute Gasteiger partial charge is 0.352 e. The van der Waals surface area contributed by atoms with Gasteiger partial charge < -0.3 is 9.88 Å². The highest BCUT2D eigenvalue weighted by Crippen LogP contribution is 2.30. The lowest BCUT2D eigenvalue weighted by atomic mass is 10.2. The van der Waals surface area contributed by atoms with Gasteiger partial charge in [0.2, 0.25) is 0 Å². The number of nitrogens with zero attached hydrogens (tertiary/aromatic N) is 4. The van der Waals surface area contributed by atoms with Gasteiger partial charge in [-0.25, -0.2) is 15.0 Å². The first-order valence-corrected chi connectivity index (χ1v) is 8.53. The summed E-state index contributed by atoms with van der Waals surface area (Å²) in [5.74, 6) is 0.981. The Bertz CT molecular complexity index is 811. The first kappa shape index (κ1) is 15.9. The number of anilines is 2. The first-order valence-electron chi connectivity index (χ1n) is 7.45. The molecule has 0 saturated heterocycles. The van der Waals surface area contributed by atoms with Gasteiger partial charge in [-0.15, -0.1) is 0 Å². The maximum absolute atomic E-state index is 4.65. The standard InChI is InChI=1S/C17H18IN5/c1-11(2)23-12(3)19-10-15(23)16-14(9-20-17(18)22-16)21-13-7-5-4-6-8-13/h4-11,21H,1-3H3. The van der Waals surface area contributed by atoms with E-state index in [0.717, 1.165) is 28.6 Å². The topological polar surface area (TPSA) is 55.6 Å². The molecule has 0 amide bonds. The number of nitrogens with one attached hydrogen (secondary N) is 1. The zero-order valence-corrected chi connectivity index (χ0v) is 15.4. The van der Waals surface area contributed by atoms with Crippen molar-refractivity contribution in [3.05, 3.63) is 52.4 Å². The molecule has 1 N–H and O–H groups in total. The minimum atomic E-state index is 0.310. The normalized spacial score (nSPS) is 11.0. The summed E-state index contributed by atoms with van der Waals surface area (Å²) in [7, 11) is 0. The van der Waals surface area contributed by atoms with Crippen LogP contribution in [0.25, 0.3) is 11.4 Å². The summed E-state index contributed by atoms with van der Waals surface area (Å²) in [6, 6.07) is 10.3. The molecule has 0 aliphatic carbocycles. The fraction of sp³-hybridized carbons (Fsp3) is 0.235. The summed E-state index contributed by atoms with van der Waals surface area (Å²) in [6.07, 6.45) is 3.70. The Kier molecular flexibility index (Phi) is 4.61. The predicted molar refractivity (Wildman–Crippen MR) is 101 cm³/mol. The van der Waals surface area contributed by atoms with Gasteiger partial charge in [-0.05, 0) is 32.9 Å². The van der Waals surface area contributed by atoms with Crippen molar-refractivity contribution in [2.24, 2.45) is 0 Å². The molecule has 0 atom stereocenters. The lowest BCUT2D eigenvalue weighted by Gasteiger charge is -2.16. The zero-order chi connectivity index (χ0) is 16.4. The number of rotatable bonds is 4. The molecule has 0 aliphatic rings. The van der Waals surface area contributed by atoms with Gasteiger partial charge in [0.25, 0.3) is 0 Å². The second-order valence-corrected chi connectivity index (χ2v) is 6.51. The molecule has 6 heteroatoms. The Morgan fingerprint density at radius 2 is 1.83 bits per heavy atom. The van der Waals surface area contributed by atoms with E-state index >= 15 is 0 Å². The molecular formula is C17H18IN5. The maximum Gasteiger partial charge on any atom is 0.191 e. The van der Waals surface area contributed by atoms with E-state index in [1.54, 1.807) is 0 Å². The van der Waals surface area contributed by atoms with Crippen LogP contribution < -0.4 is 5.32 Å². The van der Waals surface area contributed by atoms with Crippen molar-refractivity contribution < 1.29 is 0 Å². The Hall–Kier alpha value is -1.96. The van der Waals surface area contributed by atoms with E-state index in [1.807, 2.05) is 49.6 Å². The van der Waals surface area contributed by atoms with Crippen LogP contribution >= 0.6 is 22.6 Å². The summed E-state index contributed by atoms with van der Waals surface area (Å²) in [4.78, 5) is 13.4. The second kappa shape index (κ2) is 6.66. The molecule has 5 nitrogen and oxygen atoms in total. The predicted octanol–water partition coefficient (Wildman–Crippen LogP) is 4.58. The first-order chi connectivity index (χ1) is 11.1. The molecule has 118 valence electrons. The number of hydrogen-bond donors (Lipinski definition) is 1. The maximum atomic E-state index is 4.65. The van der Waals surface area contributed by atoms with Crippen LogP contribution in [0.5, 0.6) is 0 Å². The van der Waals surface area contributed by atoms with E-state index in [0.29, 0.717) is 9.87 Å². The molecule has 2 aromatic heterocycles. The Morgan fingerprint density at radius 3 is 2.52 bits per heavy atom. The van der Waals surface area contributed by atoms with Crippen LogP contribution in [0.15, 0.2) is 42.7 Å². The van der Waals surface area contributed by atoms with Crippen molar-refractivity contribution in [2.75, 3.05) is 5.32 Å². The number of imidazole rings is 1. The SMILES string of the molecule is Cc1ncc(-c2nc(I)ncc2Nc2ccccc2)n1C(C)C. The van der Waals surface area contributed by atoms with Crippen LogP contribution in [0.2, 0.25) is 0 Å². The monoisotopic (exact) mass is 419 g/mol. The minimum absolute atomic E-state index is 0.310. The van der Waals surface area contributed by atoms with Crippen molar-refractivity contribution in [1.29, 1.82) is 0 Å². The van der Waals surface area contributed by atoms with E-state index in [4.69, 9.17) is 0 Å². The molecule has 3 aromatic rings.